The normalized spacial score (nSPS) is 18.7. The van der Waals surface area contributed by atoms with Crippen LogP contribution in [0.15, 0.2) is 55.7 Å². The molecule has 0 fully saturated rings. The van der Waals surface area contributed by atoms with Crippen molar-refractivity contribution in [2.45, 2.75) is 53.1 Å². The molecule has 2 rings (SSSR count). The molecule has 0 atom stereocenters. The van der Waals surface area contributed by atoms with Gasteiger partial charge in [-0.05, 0) is 0 Å². The molecule has 0 aromatic heterocycles. The minimum absolute atomic E-state index is 0.183. The Kier molecular flexibility index (Phi) is 3.96. The second kappa shape index (κ2) is 5.06. The molecule has 0 spiro atoms. The van der Waals surface area contributed by atoms with E-state index >= 15 is 0 Å². The van der Waals surface area contributed by atoms with Gasteiger partial charge in [0.05, 0.1) is 0 Å². The van der Waals surface area contributed by atoms with Crippen molar-refractivity contribution in [3.8, 4) is 0 Å². The van der Waals surface area contributed by atoms with E-state index in [0.717, 1.165) is 0 Å². The maximum atomic E-state index is 3.70. The standard InChI is InChI=1S/C20H28Ge/c1-19(2,3)15-9-11-17(13-15)21(7,8)18-12-10-16(14-18)20(4,5)6/h9-12H,1-8H3. The van der Waals surface area contributed by atoms with Gasteiger partial charge in [-0.1, -0.05) is 0 Å². The van der Waals surface area contributed by atoms with Crippen molar-refractivity contribution in [3.63, 3.8) is 0 Å². The van der Waals surface area contributed by atoms with E-state index in [9.17, 15) is 0 Å². The van der Waals surface area contributed by atoms with Gasteiger partial charge in [0.25, 0.3) is 0 Å². The molecule has 112 valence electrons. The Morgan fingerprint density at radius 1 is 0.667 bits per heavy atom. The van der Waals surface area contributed by atoms with Gasteiger partial charge in [-0.2, -0.15) is 0 Å². The first-order valence-electron chi connectivity index (χ1n) is 7.82. The Hall–Kier alpha value is -0.937. The van der Waals surface area contributed by atoms with Crippen LogP contribution in [0.25, 0.3) is 0 Å². The summed E-state index contributed by atoms with van der Waals surface area (Å²) in [5, 5.41) is 0. The van der Waals surface area contributed by atoms with Gasteiger partial charge < -0.3 is 0 Å². The molecule has 1 heteroatoms. The maximum absolute atomic E-state index is 3.70. The van der Waals surface area contributed by atoms with E-state index in [1.807, 2.05) is 0 Å². The van der Waals surface area contributed by atoms with Crippen LogP contribution in [0.1, 0.15) is 41.5 Å². The van der Waals surface area contributed by atoms with E-state index in [0.29, 0.717) is 0 Å². The molecule has 0 amide bonds. The van der Waals surface area contributed by atoms with Crippen LogP contribution in [0.5, 0.6) is 0 Å². The summed E-state index contributed by atoms with van der Waals surface area (Å²) >= 11 is -2.25. The Labute approximate surface area is 133 Å². The van der Waals surface area contributed by atoms with Gasteiger partial charge in [-0.25, -0.2) is 0 Å². The van der Waals surface area contributed by atoms with Crippen molar-refractivity contribution in [1.29, 1.82) is 0 Å². The van der Waals surface area contributed by atoms with E-state index in [2.05, 4.69) is 88.8 Å². The molecule has 0 aliphatic heterocycles. The molecule has 2 aliphatic carbocycles. The zero-order valence-corrected chi connectivity index (χ0v) is 16.9. The molecule has 0 saturated heterocycles. The van der Waals surface area contributed by atoms with Gasteiger partial charge in [0.15, 0.2) is 0 Å². The van der Waals surface area contributed by atoms with Crippen LogP contribution in [0.4, 0.5) is 0 Å². The topological polar surface area (TPSA) is 0 Å². The average molecular weight is 341 g/mol. The number of hydrogen-bond acceptors (Lipinski definition) is 0. The van der Waals surface area contributed by atoms with Crippen LogP contribution < -0.4 is 0 Å². The molecular weight excluding hydrogens is 313 g/mol. The van der Waals surface area contributed by atoms with E-state index in [-0.39, 0.29) is 10.8 Å². The quantitative estimate of drug-likeness (QED) is 0.433. The van der Waals surface area contributed by atoms with Gasteiger partial charge >= 0.3 is 133 Å². The molecule has 0 saturated carbocycles. The molecular formula is C20H28Ge. The first kappa shape index (κ1) is 16.4. The molecule has 0 aromatic carbocycles. The number of rotatable bonds is 2. The summed E-state index contributed by atoms with van der Waals surface area (Å²) in [7, 11) is 0. The second-order valence-corrected chi connectivity index (χ2v) is 17.8. The molecule has 0 aromatic rings. The fraction of sp³-hybridized carbons (Fsp3) is 0.500. The van der Waals surface area contributed by atoms with Gasteiger partial charge in [-0.3, -0.25) is 0 Å². The summed E-state index contributed by atoms with van der Waals surface area (Å²) in [5.41, 5.74) is 10.4. The van der Waals surface area contributed by atoms with Crippen LogP contribution in [0.3, 0.4) is 0 Å². The van der Waals surface area contributed by atoms with Crippen LogP contribution >= 0.6 is 0 Å². The zero-order valence-electron chi connectivity index (χ0n) is 14.8. The Bertz CT molecular complexity index is 594. The fourth-order valence-corrected chi connectivity index (χ4v) is 7.12. The predicted octanol–water partition coefficient (Wildman–Crippen LogP) is 5.91. The Balaban J connectivity index is 2.48. The van der Waals surface area contributed by atoms with Crippen molar-refractivity contribution < 1.29 is 0 Å². The molecule has 0 heterocycles. The van der Waals surface area contributed by atoms with E-state index in [1.165, 1.54) is 20.0 Å². The molecule has 0 nitrogen and oxygen atoms in total. The van der Waals surface area contributed by atoms with Crippen LogP contribution in [0, 0.1) is 10.8 Å². The van der Waals surface area contributed by atoms with Gasteiger partial charge in [0.1, 0.15) is 0 Å². The number of allylic oxidation sites excluding steroid dienone is 6. The molecule has 0 N–H and O–H groups in total. The molecule has 0 unspecified atom stereocenters. The van der Waals surface area contributed by atoms with E-state index in [4.69, 9.17) is 0 Å². The van der Waals surface area contributed by atoms with E-state index < -0.39 is 13.3 Å². The van der Waals surface area contributed by atoms with Crippen LogP contribution in [-0.4, -0.2) is 13.3 Å². The summed E-state index contributed by atoms with van der Waals surface area (Å²) in [6.07, 6.45) is 9.13. The minimum atomic E-state index is -2.25. The summed E-state index contributed by atoms with van der Waals surface area (Å²) in [6.45, 7) is 13.6. The first-order valence-corrected chi connectivity index (χ1v) is 14.1. The van der Waals surface area contributed by atoms with Crippen molar-refractivity contribution >= 4 is 13.3 Å². The first-order chi connectivity index (χ1) is 9.42. The van der Waals surface area contributed by atoms with Crippen molar-refractivity contribution in [2.75, 3.05) is 0 Å². The molecule has 2 aliphatic rings. The third-order valence-electron chi connectivity index (χ3n) is 4.33. The SMILES string of the molecule is CC(C)(C)C1=C=[C]([Ge]([CH3])([CH3])[C]2=C=C(C(C)(C)C)C=C2)C=C1. The Morgan fingerprint density at radius 3 is 1.24 bits per heavy atom. The van der Waals surface area contributed by atoms with Crippen molar-refractivity contribution in [3.05, 3.63) is 55.7 Å². The summed E-state index contributed by atoms with van der Waals surface area (Å²) in [4.78, 5) is 0. The van der Waals surface area contributed by atoms with Gasteiger partial charge in [0, 0.05) is 0 Å². The third-order valence-corrected chi connectivity index (χ3v) is 11.2. The monoisotopic (exact) mass is 342 g/mol. The molecule has 21 heavy (non-hydrogen) atoms. The summed E-state index contributed by atoms with van der Waals surface area (Å²) in [6, 6.07) is 0. The van der Waals surface area contributed by atoms with Gasteiger partial charge in [-0.15, -0.1) is 0 Å². The Morgan fingerprint density at radius 2 is 1.00 bits per heavy atom. The third kappa shape index (κ3) is 3.29. The van der Waals surface area contributed by atoms with Gasteiger partial charge in [0.2, 0.25) is 0 Å². The zero-order chi connectivity index (χ0) is 16.1. The van der Waals surface area contributed by atoms with Crippen LogP contribution in [-0.2, 0) is 0 Å². The van der Waals surface area contributed by atoms with Crippen LogP contribution in [0.2, 0.25) is 11.5 Å². The van der Waals surface area contributed by atoms with Crippen molar-refractivity contribution in [1.82, 2.24) is 0 Å². The fourth-order valence-electron chi connectivity index (χ4n) is 2.54. The van der Waals surface area contributed by atoms with E-state index in [1.54, 1.807) is 0 Å². The molecule has 0 radical (unpaired) electrons. The number of hydrogen-bond donors (Lipinski definition) is 0. The van der Waals surface area contributed by atoms with Crippen molar-refractivity contribution in [2.24, 2.45) is 10.8 Å². The summed E-state index contributed by atoms with van der Waals surface area (Å²) < 4.78 is 2.89. The second-order valence-electron chi connectivity index (χ2n) is 8.70. The average Bonchev–Trinajstić information content (AvgIpc) is 2.97. The summed E-state index contributed by atoms with van der Waals surface area (Å²) in [5.74, 6) is 4.91. The molecule has 0 bridgehead atoms. The predicted molar refractivity (Wildman–Crippen MR) is 95.8 cm³/mol.